The van der Waals surface area contributed by atoms with Crippen molar-refractivity contribution in [3.05, 3.63) is 29.8 Å². The van der Waals surface area contributed by atoms with Gasteiger partial charge in [0.15, 0.2) is 5.96 Å². The predicted molar refractivity (Wildman–Crippen MR) is 114 cm³/mol. The first-order valence-corrected chi connectivity index (χ1v) is 10.9. The van der Waals surface area contributed by atoms with Crippen molar-refractivity contribution in [2.45, 2.75) is 52.1 Å². The number of nitrogens with one attached hydrogen (secondary N) is 2. The van der Waals surface area contributed by atoms with E-state index in [-0.39, 0.29) is 6.09 Å². The van der Waals surface area contributed by atoms with Crippen LogP contribution in [0.5, 0.6) is 5.75 Å². The van der Waals surface area contributed by atoms with Crippen LogP contribution in [0.1, 0.15) is 45.1 Å². The Labute approximate surface area is 173 Å². The van der Waals surface area contributed by atoms with E-state index in [9.17, 15) is 4.79 Å². The fourth-order valence-corrected chi connectivity index (χ4v) is 3.37. The first-order valence-electron chi connectivity index (χ1n) is 10.9. The van der Waals surface area contributed by atoms with Gasteiger partial charge in [0.1, 0.15) is 5.75 Å². The topological polar surface area (TPSA) is 75.2 Å². The van der Waals surface area contributed by atoms with Crippen LogP contribution in [-0.2, 0) is 11.3 Å². The Bertz CT molecular complexity index is 682. The maximum absolute atomic E-state index is 11.9. The van der Waals surface area contributed by atoms with E-state index in [2.05, 4.69) is 23.6 Å². The summed E-state index contributed by atoms with van der Waals surface area (Å²) < 4.78 is 11.1. The minimum absolute atomic E-state index is 0.214. The Kier molecular flexibility index (Phi) is 8.02. The lowest BCUT2D eigenvalue weighted by molar-refractivity contribution is 0.0963. The van der Waals surface area contributed by atoms with Crippen molar-refractivity contribution in [1.82, 2.24) is 15.5 Å². The van der Waals surface area contributed by atoms with E-state index in [4.69, 9.17) is 14.5 Å². The Morgan fingerprint density at radius 2 is 1.93 bits per heavy atom. The van der Waals surface area contributed by atoms with Gasteiger partial charge >= 0.3 is 6.09 Å². The van der Waals surface area contributed by atoms with E-state index in [1.807, 2.05) is 25.1 Å². The van der Waals surface area contributed by atoms with E-state index >= 15 is 0 Å². The van der Waals surface area contributed by atoms with Crippen LogP contribution in [0.2, 0.25) is 0 Å². The fourth-order valence-electron chi connectivity index (χ4n) is 3.37. The van der Waals surface area contributed by atoms with Gasteiger partial charge in [0, 0.05) is 31.2 Å². The minimum atomic E-state index is -0.214. The number of aliphatic imine (C=N–C) groups is 1. The zero-order chi connectivity index (χ0) is 20.5. The van der Waals surface area contributed by atoms with Gasteiger partial charge in [-0.05, 0) is 51.5 Å². The molecule has 1 amide bonds. The summed E-state index contributed by atoms with van der Waals surface area (Å²) in [5.41, 5.74) is 1.10. The Morgan fingerprint density at radius 3 is 2.62 bits per heavy atom. The molecule has 0 spiro atoms. The highest BCUT2D eigenvalue weighted by Gasteiger charge is 2.24. The number of rotatable bonds is 8. The lowest BCUT2D eigenvalue weighted by Crippen LogP contribution is -2.49. The van der Waals surface area contributed by atoms with Gasteiger partial charge in [-0.2, -0.15) is 0 Å². The Hall–Kier alpha value is -2.44. The number of piperidine rings is 1. The summed E-state index contributed by atoms with van der Waals surface area (Å²) >= 11 is 0. The van der Waals surface area contributed by atoms with Gasteiger partial charge in [0.2, 0.25) is 0 Å². The first-order chi connectivity index (χ1) is 14.2. The van der Waals surface area contributed by atoms with Crippen LogP contribution in [0, 0.1) is 5.92 Å². The molecule has 2 fully saturated rings. The summed E-state index contributed by atoms with van der Waals surface area (Å²) in [6.07, 6.45) is 4.11. The number of hydrogen-bond donors (Lipinski definition) is 2. The van der Waals surface area contributed by atoms with Crippen molar-refractivity contribution >= 4 is 12.1 Å². The molecule has 0 aromatic heterocycles. The molecular formula is C22H34N4O3. The zero-order valence-electron chi connectivity index (χ0n) is 17.7. The van der Waals surface area contributed by atoms with Gasteiger partial charge in [-0.1, -0.05) is 18.2 Å². The number of carbonyl (C=O) groups is 1. The lowest BCUT2D eigenvalue weighted by Gasteiger charge is -2.32. The smallest absolute Gasteiger partial charge is 0.409 e. The summed E-state index contributed by atoms with van der Waals surface area (Å²) in [4.78, 5) is 18.4. The number of amides is 1. The monoisotopic (exact) mass is 402 g/mol. The highest BCUT2D eigenvalue weighted by molar-refractivity contribution is 5.80. The number of guanidine groups is 1. The summed E-state index contributed by atoms with van der Waals surface area (Å²) in [5.74, 6) is 2.46. The SMILES string of the molecule is CCNC(=NCc1ccccc1OCC1CC1)NC1CCN(C(=O)OCC)CC1. The fraction of sp³-hybridized carbons (Fsp3) is 0.636. The number of para-hydroxylation sites is 1. The highest BCUT2D eigenvalue weighted by atomic mass is 16.6. The van der Waals surface area contributed by atoms with Gasteiger partial charge in [-0.25, -0.2) is 9.79 Å². The molecule has 7 heteroatoms. The van der Waals surface area contributed by atoms with Crippen molar-refractivity contribution in [3.63, 3.8) is 0 Å². The molecule has 2 N–H and O–H groups in total. The standard InChI is InChI=1S/C22H34N4O3/c1-3-23-21(25-19-11-13-26(14-12-19)22(27)28-4-2)24-15-18-7-5-6-8-20(18)29-16-17-9-10-17/h5-8,17,19H,3-4,9-16H2,1-2H3,(H2,23,24,25). The van der Waals surface area contributed by atoms with Gasteiger partial charge in [-0.3, -0.25) is 0 Å². The van der Waals surface area contributed by atoms with Crippen LogP contribution < -0.4 is 15.4 Å². The molecule has 1 aliphatic heterocycles. The van der Waals surface area contributed by atoms with Crippen molar-refractivity contribution < 1.29 is 14.3 Å². The third-order valence-corrected chi connectivity index (χ3v) is 5.26. The number of ether oxygens (including phenoxy) is 2. The Morgan fingerprint density at radius 1 is 1.17 bits per heavy atom. The number of nitrogens with zero attached hydrogens (tertiary/aromatic N) is 2. The van der Waals surface area contributed by atoms with E-state index in [0.29, 0.717) is 32.3 Å². The largest absolute Gasteiger partial charge is 0.493 e. The summed E-state index contributed by atoms with van der Waals surface area (Å²) in [6, 6.07) is 8.43. The zero-order valence-corrected chi connectivity index (χ0v) is 17.7. The number of hydrogen-bond acceptors (Lipinski definition) is 4. The van der Waals surface area contributed by atoms with Crippen LogP contribution in [0.15, 0.2) is 29.3 Å². The van der Waals surface area contributed by atoms with E-state index < -0.39 is 0 Å². The molecule has 1 saturated heterocycles. The molecular weight excluding hydrogens is 368 g/mol. The van der Waals surface area contributed by atoms with Crippen molar-refractivity contribution in [1.29, 1.82) is 0 Å². The van der Waals surface area contributed by atoms with Crippen LogP contribution in [0.3, 0.4) is 0 Å². The highest BCUT2D eigenvalue weighted by Crippen LogP contribution is 2.30. The lowest BCUT2D eigenvalue weighted by atomic mass is 10.1. The van der Waals surface area contributed by atoms with Crippen molar-refractivity contribution in [2.24, 2.45) is 10.9 Å². The molecule has 1 aromatic rings. The molecule has 1 aromatic carbocycles. The third kappa shape index (κ3) is 6.84. The molecule has 0 unspecified atom stereocenters. The average molecular weight is 403 g/mol. The maximum Gasteiger partial charge on any atom is 0.409 e. The van der Waals surface area contributed by atoms with Crippen molar-refractivity contribution in [3.8, 4) is 5.75 Å². The summed E-state index contributed by atoms with van der Waals surface area (Å²) in [7, 11) is 0. The molecule has 3 rings (SSSR count). The first kappa shape index (κ1) is 21.3. The van der Waals surface area contributed by atoms with E-state index in [0.717, 1.165) is 49.2 Å². The van der Waals surface area contributed by atoms with Crippen LogP contribution in [0.4, 0.5) is 4.79 Å². The second-order valence-electron chi connectivity index (χ2n) is 7.66. The van der Waals surface area contributed by atoms with Crippen LogP contribution in [-0.4, -0.2) is 55.8 Å². The molecule has 0 bridgehead atoms. The normalized spacial score (nSPS) is 17.7. The molecule has 160 valence electrons. The molecule has 1 saturated carbocycles. The van der Waals surface area contributed by atoms with Gasteiger partial charge < -0.3 is 25.0 Å². The third-order valence-electron chi connectivity index (χ3n) is 5.26. The van der Waals surface area contributed by atoms with Crippen LogP contribution >= 0.6 is 0 Å². The molecule has 1 heterocycles. The van der Waals surface area contributed by atoms with Gasteiger partial charge in [0.25, 0.3) is 0 Å². The molecule has 0 radical (unpaired) electrons. The quantitative estimate of drug-likeness (QED) is 0.516. The summed E-state index contributed by atoms with van der Waals surface area (Å²) in [5, 5.41) is 6.84. The van der Waals surface area contributed by atoms with Crippen molar-refractivity contribution in [2.75, 3.05) is 32.8 Å². The molecule has 2 aliphatic rings. The molecule has 7 nitrogen and oxygen atoms in total. The molecule has 0 atom stereocenters. The minimum Gasteiger partial charge on any atom is -0.493 e. The average Bonchev–Trinajstić information content (AvgIpc) is 3.56. The number of benzene rings is 1. The van der Waals surface area contributed by atoms with Crippen LogP contribution in [0.25, 0.3) is 0 Å². The second kappa shape index (κ2) is 10.9. The molecule has 29 heavy (non-hydrogen) atoms. The second-order valence-corrected chi connectivity index (χ2v) is 7.66. The van der Waals surface area contributed by atoms with E-state index in [1.54, 1.807) is 4.90 Å². The number of carbonyl (C=O) groups excluding carboxylic acids is 1. The van der Waals surface area contributed by atoms with E-state index in [1.165, 1.54) is 12.8 Å². The summed E-state index contributed by atoms with van der Waals surface area (Å²) in [6.45, 7) is 7.89. The maximum atomic E-state index is 11.9. The number of likely N-dealkylation sites (tertiary alicyclic amines) is 1. The Balaban J connectivity index is 1.53. The predicted octanol–water partition coefficient (Wildman–Crippen LogP) is 3.15. The van der Waals surface area contributed by atoms with Gasteiger partial charge in [0.05, 0.1) is 19.8 Å². The molecule has 1 aliphatic carbocycles. The van der Waals surface area contributed by atoms with Gasteiger partial charge in [-0.15, -0.1) is 0 Å².